The van der Waals surface area contributed by atoms with Crippen molar-refractivity contribution in [1.82, 2.24) is 15.8 Å². The second-order valence-electron chi connectivity index (χ2n) is 7.25. The van der Waals surface area contributed by atoms with E-state index in [9.17, 15) is 14.8 Å². The molecule has 0 aliphatic carbocycles. The van der Waals surface area contributed by atoms with Crippen LogP contribution in [0, 0.1) is 5.21 Å². The molecule has 0 aliphatic rings. The summed E-state index contributed by atoms with van der Waals surface area (Å²) in [7, 11) is 0. The minimum Gasteiger partial charge on any atom is -0.619 e. The number of pyridine rings is 2. The van der Waals surface area contributed by atoms with Crippen LogP contribution >= 0.6 is 15.9 Å². The van der Waals surface area contributed by atoms with Crippen molar-refractivity contribution in [3.63, 3.8) is 0 Å². The number of amides is 2. The largest absolute Gasteiger partial charge is 0.619 e. The Balaban J connectivity index is 1.96. The molecule has 0 spiro atoms. The van der Waals surface area contributed by atoms with Crippen LogP contribution in [0.25, 0.3) is 22.2 Å². The van der Waals surface area contributed by atoms with Crippen LogP contribution in [0.1, 0.15) is 31.1 Å². The summed E-state index contributed by atoms with van der Waals surface area (Å²) in [4.78, 5) is 29.1. The van der Waals surface area contributed by atoms with Gasteiger partial charge in [-0.3, -0.25) is 10.2 Å². The molecule has 0 saturated heterocycles. The summed E-state index contributed by atoms with van der Waals surface area (Å²) < 4.78 is 6.59. The fraction of sp³-hybridized carbons (Fsp3) is 0.200. The highest BCUT2D eigenvalue weighted by Crippen LogP contribution is 2.25. The summed E-state index contributed by atoms with van der Waals surface area (Å²) in [6.45, 7) is 5.13. The minimum atomic E-state index is -0.795. The Morgan fingerprint density at radius 2 is 1.83 bits per heavy atom. The van der Waals surface area contributed by atoms with E-state index >= 15 is 0 Å². The molecular weight excluding hydrogens is 440 g/mol. The van der Waals surface area contributed by atoms with Gasteiger partial charge in [0.05, 0.1) is 22.2 Å². The van der Waals surface area contributed by atoms with Gasteiger partial charge in [0.15, 0.2) is 12.4 Å². The number of nitrogens with one attached hydrogen (secondary N) is 2. The standard InChI is InChI=1S/C20H19BrN4O4/c1-20(2,3)29-19(27)24-23-18(26)14-10-17(12-4-6-13(21)7-5-12)22-16-8-9-25(28)11-15(14)16/h4-11H,1-3H3,(H,23,26)(H,24,27). The number of benzene rings is 1. The average molecular weight is 459 g/mol. The summed E-state index contributed by atoms with van der Waals surface area (Å²) in [5.41, 5.74) is 5.82. The first-order chi connectivity index (χ1) is 13.6. The van der Waals surface area contributed by atoms with E-state index in [1.165, 1.54) is 18.5 Å². The van der Waals surface area contributed by atoms with Crippen LogP contribution in [-0.2, 0) is 4.74 Å². The van der Waals surface area contributed by atoms with Crippen molar-refractivity contribution in [2.45, 2.75) is 26.4 Å². The van der Waals surface area contributed by atoms with E-state index in [0.29, 0.717) is 21.3 Å². The highest BCUT2D eigenvalue weighted by molar-refractivity contribution is 9.10. The SMILES string of the molecule is CC(C)(C)OC(=O)NNC(=O)c1cc(-c2ccc(Br)cc2)nc2cc[n+]([O-])cc12. The maximum absolute atomic E-state index is 12.7. The summed E-state index contributed by atoms with van der Waals surface area (Å²) in [6.07, 6.45) is 1.77. The lowest BCUT2D eigenvalue weighted by Gasteiger charge is -2.19. The molecule has 150 valence electrons. The fourth-order valence-electron chi connectivity index (χ4n) is 2.59. The third-order valence-corrected chi connectivity index (χ3v) is 4.31. The smallest absolute Gasteiger partial charge is 0.426 e. The molecule has 2 N–H and O–H groups in total. The van der Waals surface area contributed by atoms with E-state index in [2.05, 4.69) is 31.8 Å². The normalized spacial score (nSPS) is 11.2. The van der Waals surface area contributed by atoms with E-state index < -0.39 is 17.6 Å². The van der Waals surface area contributed by atoms with Gasteiger partial charge in [0, 0.05) is 16.1 Å². The summed E-state index contributed by atoms with van der Waals surface area (Å²) >= 11 is 3.38. The van der Waals surface area contributed by atoms with Gasteiger partial charge in [-0.25, -0.2) is 15.2 Å². The monoisotopic (exact) mass is 458 g/mol. The molecule has 3 rings (SSSR count). The van der Waals surface area contributed by atoms with Crippen molar-refractivity contribution in [2.24, 2.45) is 0 Å². The van der Waals surface area contributed by atoms with Crippen LogP contribution in [-0.4, -0.2) is 22.6 Å². The number of rotatable bonds is 2. The van der Waals surface area contributed by atoms with Crippen molar-refractivity contribution in [3.8, 4) is 11.3 Å². The van der Waals surface area contributed by atoms with Gasteiger partial charge in [0.1, 0.15) is 5.60 Å². The number of carbonyl (C=O) groups excluding carboxylic acids is 2. The molecule has 2 amide bonds. The molecule has 0 fully saturated rings. The highest BCUT2D eigenvalue weighted by atomic mass is 79.9. The van der Waals surface area contributed by atoms with Gasteiger partial charge in [0.25, 0.3) is 5.91 Å². The Morgan fingerprint density at radius 3 is 2.48 bits per heavy atom. The van der Waals surface area contributed by atoms with Crippen molar-refractivity contribution < 1.29 is 19.1 Å². The van der Waals surface area contributed by atoms with Crippen LogP contribution < -0.4 is 15.6 Å². The number of hydrazine groups is 1. The Morgan fingerprint density at radius 1 is 1.14 bits per heavy atom. The van der Waals surface area contributed by atoms with Crippen molar-refractivity contribution >= 4 is 38.8 Å². The molecule has 0 unspecified atom stereocenters. The van der Waals surface area contributed by atoms with Gasteiger partial charge in [0.2, 0.25) is 0 Å². The van der Waals surface area contributed by atoms with E-state index in [4.69, 9.17) is 4.74 Å². The molecule has 3 aromatic rings. The van der Waals surface area contributed by atoms with Crippen LogP contribution in [0.15, 0.2) is 53.3 Å². The number of ether oxygens (including phenoxy) is 1. The van der Waals surface area contributed by atoms with Crippen molar-refractivity contribution in [2.75, 3.05) is 0 Å². The maximum Gasteiger partial charge on any atom is 0.426 e. The Kier molecular flexibility index (Phi) is 5.69. The quantitative estimate of drug-likeness (QED) is 0.347. The Bertz CT molecular complexity index is 1080. The van der Waals surface area contributed by atoms with Crippen LogP contribution in [0.2, 0.25) is 0 Å². The van der Waals surface area contributed by atoms with Crippen LogP contribution in [0.3, 0.4) is 0 Å². The average Bonchev–Trinajstić information content (AvgIpc) is 2.64. The zero-order valence-corrected chi connectivity index (χ0v) is 17.6. The third kappa shape index (κ3) is 5.20. The van der Waals surface area contributed by atoms with E-state index in [-0.39, 0.29) is 5.56 Å². The molecule has 0 saturated carbocycles. The molecular formula is C20H19BrN4O4. The number of nitrogens with zero attached hydrogens (tertiary/aromatic N) is 2. The highest BCUT2D eigenvalue weighted by Gasteiger charge is 2.19. The Labute approximate surface area is 175 Å². The zero-order chi connectivity index (χ0) is 21.2. The van der Waals surface area contributed by atoms with Gasteiger partial charge >= 0.3 is 6.09 Å². The number of halogens is 1. The zero-order valence-electron chi connectivity index (χ0n) is 16.0. The molecule has 0 bridgehead atoms. The van der Waals surface area contributed by atoms with Gasteiger partial charge in [-0.1, -0.05) is 28.1 Å². The topological polar surface area (TPSA) is 107 Å². The number of fused-ring (bicyclic) bond motifs is 1. The first-order valence-corrected chi connectivity index (χ1v) is 9.50. The second kappa shape index (κ2) is 8.04. The summed E-state index contributed by atoms with van der Waals surface area (Å²) in [5.74, 6) is -0.604. The number of aromatic nitrogens is 2. The maximum atomic E-state index is 12.7. The summed E-state index contributed by atoms with van der Waals surface area (Å²) in [6, 6.07) is 10.5. The van der Waals surface area contributed by atoms with E-state index in [0.717, 1.165) is 10.0 Å². The van der Waals surface area contributed by atoms with Gasteiger partial charge in [-0.15, -0.1) is 0 Å². The second-order valence-corrected chi connectivity index (χ2v) is 8.16. The summed E-state index contributed by atoms with van der Waals surface area (Å²) in [5, 5.41) is 12.1. The molecule has 0 radical (unpaired) electrons. The molecule has 29 heavy (non-hydrogen) atoms. The lowest BCUT2D eigenvalue weighted by atomic mass is 10.1. The fourth-order valence-corrected chi connectivity index (χ4v) is 2.85. The predicted octanol–water partition coefficient (Wildman–Crippen LogP) is 3.47. The van der Waals surface area contributed by atoms with Gasteiger partial charge in [-0.2, -0.15) is 4.73 Å². The van der Waals surface area contributed by atoms with Gasteiger partial charge < -0.3 is 9.94 Å². The first kappa shape index (κ1) is 20.5. The molecule has 0 atom stereocenters. The Hall–Kier alpha value is -3.20. The first-order valence-electron chi connectivity index (χ1n) is 8.71. The van der Waals surface area contributed by atoms with Gasteiger partial charge in [-0.05, 0) is 39.0 Å². The lowest BCUT2D eigenvalue weighted by molar-refractivity contribution is -0.603. The molecule has 0 aliphatic heterocycles. The van der Waals surface area contributed by atoms with Crippen LogP contribution in [0.4, 0.5) is 4.79 Å². The van der Waals surface area contributed by atoms with E-state index in [1.54, 1.807) is 26.8 Å². The number of hydrogen-bond acceptors (Lipinski definition) is 5. The third-order valence-electron chi connectivity index (χ3n) is 3.79. The molecule has 2 heterocycles. The number of hydrogen-bond donors (Lipinski definition) is 2. The molecule has 9 heteroatoms. The minimum absolute atomic E-state index is 0.189. The van der Waals surface area contributed by atoms with Crippen molar-refractivity contribution in [3.05, 3.63) is 64.0 Å². The van der Waals surface area contributed by atoms with E-state index in [1.807, 2.05) is 24.3 Å². The lowest BCUT2D eigenvalue weighted by Crippen LogP contribution is -2.44. The molecule has 8 nitrogen and oxygen atoms in total. The molecule has 1 aromatic carbocycles. The number of carbonyl (C=O) groups is 2. The van der Waals surface area contributed by atoms with Crippen molar-refractivity contribution in [1.29, 1.82) is 0 Å². The van der Waals surface area contributed by atoms with Crippen LogP contribution in [0.5, 0.6) is 0 Å². The predicted molar refractivity (Wildman–Crippen MR) is 111 cm³/mol. The molecule has 2 aromatic heterocycles.